The van der Waals surface area contributed by atoms with Crippen molar-refractivity contribution < 1.29 is 14.5 Å². The molecule has 1 aliphatic rings. The van der Waals surface area contributed by atoms with Crippen LogP contribution in [-0.2, 0) is 10.2 Å². The minimum absolute atomic E-state index is 0.0326. The lowest BCUT2D eigenvalue weighted by atomic mass is 9.78. The third-order valence-corrected chi connectivity index (χ3v) is 6.56. The molecule has 1 fully saturated rings. The van der Waals surface area contributed by atoms with E-state index < -0.39 is 10.3 Å². The molecule has 4 rings (SSSR count). The summed E-state index contributed by atoms with van der Waals surface area (Å²) < 4.78 is 6.09. The Morgan fingerprint density at radius 1 is 1.06 bits per heavy atom. The van der Waals surface area contributed by atoms with Crippen LogP contribution in [0.15, 0.2) is 60.7 Å². The number of anilines is 1. The molecule has 0 unspecified atom stereocenters. The number of carbonyl (C=O) groups excluding carboxylic acids is 1. The number of ether oxygens (including phenoxy) is 1. The monoisotopic (exact) mass is 432 g/mol. The van der Waals surface area contributed by atoms with Crippen LogP contribution in [0.25, 0.3) is 10.8 Å². The van der Waals surface area contributed by atoms with Crippen molar-refractivity contribution in [1.29, 1.82) is 0 Å². The van der Waals surface area contributed by atoms with E-state index in [2.05, 4.69) is 12.2 Å². The predicted molar refractivity (Wildman–Crippen MR) is 126 cm³/mol. The van der Waals surface area contributed by atoms with Crippen LogP contribution in [0.1, 0.15) is 51.5 Å². The first-order valence-electron chi connectivity index (χ1n) is 11.2. The zero-order valence-corrected chi connectivity index (χ0v) is 18.5. The summed E-state index contributed by atoms with van der Waals surface area (Å²) in [5.74, 6) is 0.739. The van der Waals surface area contributed by atoms with Crippen LogP contribution in [0.4, 0.5) is 11.4 Å². The lowest BCUT2D eigenvalue weighted by Gasteiger charge is -2.28. The Kier molecular flexibility index (Phi) is 6.12. The number of hydrogen-bond donors (Lipinski definition) is 1. The highest BCUT2D eigenvalue weighted by atomic mass is 16.6. The molecular weight excluding hydrogens is 404 g/mol. The molecule has 1 atom stereocenters. The number of non-ortho nitro benzene ring substituents is 1. The molecule has 1 amide bonds. The Balaban J connectivity index is 1.67. The molecule has 1 aliphatic carbocycles. The Morgan fingerprint density at radius 2 is 1.72 bits per heavy atom. The van der Waals surface area contributed by atoms with Gasteiger partial charge in [-0.1, -0.05) is 56.2 Å². The third kappa shape index (κ3) is 4.05. The number of carbonyl (C=O) groups is 1. The first-order chi connectivity index (χ1) is 15.4. The van der Waals surface area contributed by atoms with Crippen molar-refractivity contribution in [3.05, 3.63) is 76.3 Å². The van der Waals surface area contributed by atoms with Crippen LogP contribution in [0.3, 0.4) is 0 Å². The van der Waals surface area contributed by atoms with Gasteiger partial charge >= 0.3 is 0 Å². The van der Waals surface area contributed by atoms with Crippen molar-refractivity contribution in [2.45, 2.75) is 57.5 Å². The number of nitro benzene ring substituents is 1. The van der Waals surface area contributed by atoms with E-state index in [0.29, 0.717) is 0 Å². The highest BCUT2D eigenvalue weighted by Crippen LogP contribution is 2.43. The van der Waals surface area contributed by atoms with E-state index >= 15 is 0 Å². The second kappa shape index (κ2) is 8.99. The third-order valence-electron chi connectivity index (χ3n) is 6.56. The molecule has 166 valence electrons. The van der Waals surface area contributed by atoms with Gasteiger partial charge in [0.05, 0.1) is 16.4 Å². The number of amides is 1. The quantitative estimate of drug-likeness (QED) is 0.347. The lowest BCUT2D eigenvalue weighted by Crippen LogP contribution is -2.38. The van der Waals surface area contributed by atoms with Crippen LogP contribution >= 0.6 is 0 Å². The maximum Gasteiger partial charge on any atom is 0.269 e. The predicted octanol–water partition coefficient (Wildman–Crippen LogP) is 6.38. The van der Waals surface area contributed by atoms with Crippen LogP contribution in [0.2, 0.25) is 0 Å². The largest absolute Gasteiger partial charge is 0.490 e. The SMILES string of the molecule is CC[C@@H](C)Oc1ccc(NC(=O)C2(c3ccc([N+](=O)[O-])cc3)CCCC2)c2ccccc12. The molecule has 0 saturated heterocycles. The number of hydrogen-bond acceptors (Lipinski definition) is 4. The molecule has 0 radical (unpaired) electrons. The Morgan fingerprint density at radius 3 is 2.34 bits per heavy atom. The minimum Gasteiger partial charge on any atom is -0.490 e. The molecule has 3 aromatic carbocycles. The fourth-order valence-corrected chi connectivity index (χ4v) is 4.55. The van der Waals surface area contributed by atoms with Gasteiger partial charge in [0.2, 0.25) is 5.91 Å². The van der Waals surface area contributed by atoms with Gasteiger partial charge in [0.25, 0.3) is 5.69 Å². The zero-order chi connectivity index (χ0) is 22.7. The number of fused-ring (bicyclic) bond motifs is 1. The second-order valence-corrected chi connectivity index (χ2v) is 8.54. The van der Waals surface area contributed by atoms with E-state index in [1.807, 2.05) is 43.3 Å². The summed E-state index contributed by atoms with van der Waals surface area (Å²) >= 11 is 0. The van der Waals surface area contributed by atoms with Gasteiger partial charge in [-0.05, 0) is 43.9 Å². The number of rotatable bonds is 7. The average Bonchev–Trinajstić information content (AvgIpc) is 3.32. The molecule has 0 aliphatic heterocycles. The van der Waals surface area contributed by atoms with Gasteiger partial charge in [0.15, 0.2) is 0 Å². The van der Waals surface area contributed by atoms with Crippen molar-refractivity contribution >= 4 is 28.1 Å². The molecule has 0 bridgehead atoms. The summed E-state index contributed by atoms with van der Waals surface area (Å²) in [5.41, 5.74) is 0.932. The molecule has 0 aromatic heterocycles. The Labute approximate surface area is 187 Å². The summed E-state index contributed by atoms with van der Waals surface area (Å²) in [7, 11) is 0. The van der Waals surface area contributed by atoms with E-state index in [-0.39, 0.29) is 17.7 Å². The zero-order valence-electron chi connectivity index (χ0n) is 18.5. The van der Waals surface area contributed by atoms with Crippen LogP contribution in [-0.4, -0.2) is 16.9 Å². The Hall–Kier alpha value is -3.41. The highest BCUT2D eigenvalue weighted by molar-refractivity contribution is 6.07. The fourth-order valence-electron chi connectivity index (χ4n) is 4.55. The van der Waals surface area contributed by atoms with Crippen molar-refractivity contribution in [2.75, 3.05) is 5.32 Å². The summed E-state index contributed by atoms with van der Waals surface area (Å²) in [6, 6.07) is 18.1. The van der Waals surface area contributed by atoms with Gasteiger partial charge in [-0.2, -0.15) is 0 Å². The number of nitrogens with one attached hydrogen (secondary N) is 1. The van der Waals surface area contributed by atoms with Gasteiger partial charge in [-0.15, -0.1) is 0 Å². The maximum absolute atomic E-state index is 13.6. The van der Waals surface area contributed by atoms with Crippen LogP contribution in [0.5, 0.6) is 5.75 Å². The van der Waals surface area contributed by atoms with Crippen molar-refractivity contribution in [1.82, 2.24) is 0 Å². The van der Waals surface area contributed by atoms with E-state index in [0.717, 1.165) is 59.9 Å². The highest BCUT2D eigenvalue weighted by Gasteiger charge is 2.43. The summed E-state index contributed by atoms with van der Waals surface area (Å²) in [5, 5.41) is 16.1. The van der Waals surface area contributed by atoms with Crippen LogP contribution in [0, 0.1) is 10.1 Å². The van der Waals surface area contributed by atoms with Crippen LogP contribution < -0.4 is 10.1 Å². The number of benzene rings is 3. The first-order valence-corrected chi connectivity index (χ1v) is 11.2. The van der Waals surface area contributed by atoms with E-state index in [1.165, 1.54) is 12.1 Å². The molecule has 6 nitrogen and oxygen atoms in total. The van der Waals surface area contributed by atoms with Crippen molar-refractivity contribution in [2.24, 2.45) is 0 Å². The lowest BCUT2D eigenvalue weighted by molar-refractivity contribution is -0.384. The molecular formula is C26H28N2O4. The van der Waals surface area contributed by atoms with Gasteiger partial charge < -0.3 is 10.1 Å². The van der Waals surface area contributed by atoms with E-state index in [9.17, 15) is 14.9 Å². The van der Waals surface area contributed by atoms with Gasteiger partial charge in [0.1, 0.15) is 5.75 Å². The van der Waals surface area contributed by atoms with Gasteiger partial charge in [0, 0.05) is 28.6 Å². The molecule has 32 heavy (non-hydrogen) atoms. The normalized spacial score (nSPS) is 15.9. The average molecular weight is 433 g/mol. The van der Waals surface area contributed by atoms with Gasteiger partial charge in [-0.3, -0.25) is 14.9 Å². The number of nitrogens with zero attached hydrogens (tertiary/aromatic N) is 1. The molecule has 3 aromatic rings. The molecule has 1 saturated carbocycles. The van der Waals surface area contributed by atoms with E-state index in [1.54, 1.807) is 12.1 Å². The fraction of sp³-hybridized carbons (Fsp3) is 0.346. The molecule has 1 N–H and O–H groups in total. The minimum atomic E-state index is -0.678. The topological polar surface area (TPSA) is 81.5 Å². The summed E-state index contributed by atoms with van der Waals surface area (Å²) in [4.78, 5) is 24.3. The maximum atomic E-state index is 13.6. The first kappa shape index (κ1) is 21.8. The van der Waals surface area contributed by atoms with Crippen molar-refractivity contribution in [3.63, 3.8) is 0 Å². The summed E-state index contributed by atoms with van der Waals surface area (Å²) in [6.45, 7) is 4.12. The smallest absolute Gasteiger partial charge is 0.269 e. The molecule has 0 heterocycles. The molecule has 6 heteroatoms. The van der Waals surface area contributed by atoms with Crippen molar-refractivity contribution in [3.8, 4) is 5.75 Å². The molecule has 0 spiro atoms. The standard InChI is InChI=1S/C26H28N2O4/c1-3-18(2)32-24-15-14-23(21-8-4-5-9-22(21)24)27-25(29)26(16-6-7-17-26)19-10-12-20(13-11-19)28(30)31/h4-5,8-15,18H,3,6-7,16-17H2,1-2H3,(H,27,29)/t18-/m1/s1. The second-order valence-electron chi connectivity index (χ2n) is 8.54. The summed E-state index contributed by atoms with van der Waals surface area (Å²) in [6.07, 6.45) is 4.36. The Bertz CT molecular complexity index is 1130. The number of nitro groups is 1. The van der Waals surface area contributed by atoms with E-state index in [4.69, 9.17) is 4.74 Å². The van der Waals surface area contributed by atoms with Gasteiger partial charge in [-0.25, -0.2) is 0 Å².